The van der Waals surface area contributed by atoms with Crippen molar-refractivity contribution in [2.45, 2.75) is 60.3 Å². The van der Waals surface area contributed by atoms with Crippen LogP contribution in [0.1, 0.15) is 60.3 Å². The molecule has 0 bridgehead atoms. The Hall–Kier alpha value is -0.590. The molecule has 2 aliphatic carbocycles. The monoisotopic (exact) mass is 222 g/mol. The van der Waals surface area contributed by atoms with E-state index in [-0.39, 0.29) is 0 Å². The third kappa shape index (κ3) is 2.23. The molecule has 0 aromatic heterocycles. The van der Waals surface area contributed by atoms with Gasteiger partial charge < -0.3 is 0 Å². The predicted molar refractivity (Wildman–Crippen MR) is 69.3 cm³/mol. The van der Waals surface area contributed by atoms with Gasteiger partial charge in [0.1, 0.15) is 0 Å². The lowest BCUT2D eigenvalue weighted by Gasteiger charge is -2.47. The summed E-state index contributed by atoms with van der Waals surface area (Å²) in [7, 11) is 0. The van der Waals surface area contributed by atoms with Gasteiger partial charge in [0.25, 0.3) is 0 Å². The van der Waals surface area contributed by atoms with E-state index in [0.29, 0.717) is 11.2 Å². The van der Waals surface area contributed by atoms with E-state index in [0.717, 1.165) is 31.1 Å². The van der Waals surface area contributed by atoms with E-state index in [4.69, 9.17) is 0 Å². The Bertz CT molecular complexity index is 290. The molecule has 3 unspecified atom stereocenters. The molecular formula is C15H26O. The summed E-state index contributed by atoms with van der Waals surface area (Å²) in [6, 6.07) is 0. The number of allylic oxidation sites excluding steroid dienone is 2. The molecule has 0 aromatic carbocycles. The highest BCUT2D eigenvalue weighted by molar-refractivity contribution is 5.91. The molecule has 2 aliphatic rings. The minimum absolute atomic E-state index is 0.325. The fraction of sp³-hybridized carbons (Fsp3) is 0.800. The van der Waals surface area contributed by atoms with E-state index in [1.54, 1.807) is 0 Å². The Balaban J connectivity index is 0.000000606. The van der Waals surface area contributed by atoms with Crippen molar-refractivity contribution >= 4 is 5.78 Å². The number of fused-ring (bicyclic) bond motifs is 1. The predicted octanol–water partition coefficient (Wildman–Crippen LogP) is 4.37. The molecule has 0 amide bonds. The van der Waals surface area contributed by atoms with Crippen molar-refractivity contribution in [3.63, 3.8) is 0 Å². The van der Waals surface area contributed by atoms with Crippen molar-refractivity contribution < 1.29 is 4.79 Å². The summed E-state index contributed by atoms with van der Waals surface area (Å²) in [4.78, 5) is 11.4. The van der Waals surface area contributed by atoms with E-state index in [1.807, 2.05) is 19.9 Å². The van der Waals surface area contributed by atoms with Crippen LogP contribution in [-0.2, 0) is 4.79 Å². The molecule has 16 heavy (non-hydrogen) atoms. The van der Waals surface area contributed by atoms with Crippen molar-refractivity contribution in [1.82, 2.24) is 0 Å². The van der Waals surface area contributed by atoms with Gasteiger partial charge in [0.15, 0.2) is 5.78 Å². The number of ketones is 1. The average Bonchev–Trinajstić information content (AvgIpc) is 2.30. The summed E-state index contributed by atoms with van der Waals surface area (Å²) in [5, 5.41) is 0. The van der Waals surface area contributed by atoms with Crippen LogP contribution in [0.5, 0.6) is 0 Å². The lowest BCUT2D eigenvalue weighted by Crippen LogP contribution is -2.38. The van der Waals surface area contributed by atoms with Gasteiger partial charge >= 0.3 is 0 Å². The Labute approximate surface area is 100 Å². The number of hydrogen-bond donors (Lipinski definition) is 0. The summed E-state index contributed by atoms with van der Waals surface area (Å²) >= 11 is 0. The van der Waals surface area contributed by atoms with E-state index in [2.05, 4.69) is 20.8 Å². The third-order valence-electron chi connectivity index (χ3n) is 4.69. The zero-order chi connectivity index (χ0) is 12.3. The van der Waals surface area contributed by atoms with Gasteiger partial charge in [0.05, 0.1) is 0 Å². The lowest BCUT2D eigenvalue weighted by atomic mass is 9.57. The molecule has 1 fully saturated rings. The van der Waals surface area contributed by atoms with Crippen molar-refractivity contribution in [1.29, 1.82) is 0 Å². The smallest absolute Gasteiger partial charge is 0.155 e. The summed E-state index contributed by atoms with van der Waals surface area (Å²) in [6.45, 7) is 11.1. The fourth-order valence-electron chi connectivity index (χ4n) is 3.11. The van der Waals surface area contributed by atoms with E-state index < -0.39 is 0 Å². The van der Waals surface area contributed by atoms with Gasteiger partial charge in [0, 0.05) is 6.42 Å². The molecule has 0 heterocycles. The topological polar surface area (TPSA) is 17.1 Å². The largest absolute Gasteiger partial charge is 0.295 e. The molecule has 92 valence electrons. The van der Waals surface area contributed by atoms with Crippen LogP contribution in [0.25, 0.3) is 0 Å². The molecule has 1 nitrogen and oxygen atoms in total. The van der Waals surface area contributed by atoms with Crippen LogP contribution in [-0.4, -0.2) is 5.78 Å². The maximum atomic E-state index is 11.4. The fourth-order valence-corrected chi connectivity index (χ4v) is 3.11. The first kappa shape index (κ1) is 13.5. The van der Waals surface area contributed by atoms with Crippen molar-refractivity contribution in [3.05, 3.63) is 11.6 Å². The highest BCUT2D eigenvalue weighted by atomic mass is 16.1. The van der Waals surface area contributed by atoms with Crippen molar-refractivity contribution in [3.8, 4) is 0 Å². The van der Waals surface area contributed by atoms with Crippen LogP contribution in [0.15, 0.2) is 11.6 Å². The standard InChI is InChI=1S/C13H20O.C2H6/c1-9-4-5-11-8-12(14)6-7-13(11,3)10(9)2;1-2/h8-10H,4-7H2,1-3H3;1-2H3. The van der Waals surface area contributed by atoms with Gasteiger partial charge in [-0.25, -0.2) is 0 Å². The summed E-state index contributed by atoms with van der Waals surface area (Å²) in [5.41, 5.74) is 1.75. The van der Waals surface area contributed by atoms with Crippen LogP contribution in [0.4, 0.5) is 0 Å². The Morgan fingerprint density at radius 1 is 1.25 bits per heavy atom. The Kier molecular flexibility index (Phi) is 4.35. The molecule has 0 aliphatic heterocycles. The van der Waals surface area contributed by atoms with Crippen LogP contribution in [0.3, 0.4) is 0 Å². The normalized spacial score (nSPS) is 38.1. The second kappa shape index (κ2) is 5.16. The number of carbonyl (C=O) groups excluding carboxylic acids is 1. The average molecular weight is 222 g/mol. The Morgan fingerprint density at radius 3 is 2.50 bits per heavy atom. The van der Waals surface area contributed by atoms with Crippen molar-refractivity contribution in [2.24, 2.45) is 17.3 Å². The molecule has 3 atom stereocenters. The highest BCUT2D eigenvalue weighted by Crippen LogP contribution is 2.51. The molecule has 0 saturated heterocycles. The first-order valence-corrected chi connectivity index (χ1v) is 6.78. The number of carbonyl (C=O) groups is 1. The summed E-state index contributed by atoms with van der Waals surface area (Å²) in [6.07, 6.45) is 6.18. The lowest BCUT2D eigenvalue weighted by molar-refractivity contribution is -0.116. The minimum Gasteiger partial charge on any atom is -0.295 e. The SMILES string of the molecule is CC.CC1CCC2=CC(=O)CCC2(C)C1C. The van der Waals surface area contributed by atoms with E-state index in [1.165, 1.54) is 12.0 Å². The molecule has 0 aromatic rings. The molecule has 0 spiro atoms. The number of rotatable bonds is 0. The van der Waals surface area contributed by atoms with Gasteiger partial charge in [0.2, 0.25) is 0 Å². The maximum absolute atomic E-state index is 11.4. The molecular weight excluding hydrogens is 196 g/mol. The van der Waals surface area contributed by atoms with Crippen LogP contribution in [0.2, 0.25) is 0 Å². The van der Waals surface area contributed by atoms with Gasteiger partial charge in [-0.1, -0.05) is 40.2 Å². The first-order valence-electron chi connectivity index (χ1n) is 6.78. The third-order valence-corrected chi connectivity index (χ3v) is 4.69. The molecule has 2 rings (SSSR count). The molecule has 0 N–H and O–H groups in total. The van der Waals surface area contributed by atoms with Crippen molar-refractivity contribution in [2.75, 3.05) is 0 Å². The zero-order valence-corrected chi connectivity index (χ0v) is 11.5. The van der Waals surface area contributed by atoms with Gasteiger partial charge in [-0.3, -0.25) is 4.79 Å². The zero-order valence-electron chi connectivity index (χ0n) is 11.5. The maximum Gasteiger partial charge on any atom is 0.155 e. The molecule has 0 radical (unpaired) electrons. The minimum atomic E-state index is 0.325. The summed E-state index contributed by atoms with van der Waals surface area (Å²) in [5.74, 6) is 1.89. The van der Waals surface area contributed by atoms with Gasteiger partial charge in [-0.2, -0.15) is 0 Å². The second-order valence-corrected chi connectivity index (χ2v) is 5.36. The van der Waals surface area contributed by atoms with Gasteiger partial charge in [-0.15, -0.1) is 0 Å². The van der Waals surface area contributed by atoms with Crippen LogP contribution >= 0.6 is 0 Å². The van der Waals surface area contributed by atoms with Crippen LogP contribution in [0, 0.1) is 17.3 Å². The van der Waals surface area contributed by atoms with Gasteiger partial charge in [-0.05, 0) is 42.6 Å². The van der Waals surface area contributed by atoms with E-state index >= 15 is 0 Å². The second-order valence-electron chi connectivity index (χ2n) is 5.36. The van der Waals surface area contributed by atoms with E-state index in [9.17, 15) is 4.79 Å². The Morgan fingerprint density at radius 2 is 1.88 bits per heavy atom. The summed E-state index contributed by atoms with van der Waals surface area (Å²) < 4.78 is 0. The molecule has 1 saturated carbocycles. The quantitative estimate of drug-likeness (QED) is 0.594. The first-order chi connectivity index (χ1) is 7.54. The highest BCUT2D eigenvalue weighted by Gasteiger charge is 2.42. The molecule has 1 heteroatoms. The number of hydrogen-bond acceptors (Lipinski definition) is 1. The van der Waals surface area contributed by atoms with Crippen LogP contribution < -0.4 is 0 Å².